The van der Waals surface area contributed by atoms with Crippen molar-refractivity contribution in [3.05, 3.63) is 23.8 Å². The summed E-state index contributed by atoms with van der Waals surface area (Å²) in [6, 6.07) is 4.30. The van der Waals surface area contributed by atoms with E-state index in [0.29, 0.717) is 5.75 Å². The Bertz CT molecular complexity index is 538. The van der Waals surface area contributed by atoms with Gasteiger partial charge in [0.2, 0.25) is 0 Å². The molecule has 0 bridgehead atoms. The van der Waals surface area contributed by atoms with Crippen molar-refractivity contribution in [1.82, 2.24) is 5.32 Å². The number of hydrogen-bond acceptors (Lipinski definition) is 4. The first kappa shape index (κ1) is 15.6. The maximum absolute atomic E-state index is 12.2. The molecule has 0 aliphatic rings. The normalized spacial score (nSPS) is 12.2. The summed E-state index contributed by atoms with van der Waals surface area (Å²) in [5.74, 6) is -1.65. The van der Waals surface area contributed by atoms with Gasteiger partial charge in [-0.3, -0.25) is 4.79 Å². The second-order valence-electron chi connectivity index (χ2n) is 3.64. The van der Waals surface area contributed by atoms with Gasteiger partial charge in [-0.05, 0) is 12.1 Å². The molecule has 0 spiro atoms. The number of nitrogens with one attached hydrogen (secondary N) is 1. The molecule has 1 aromatic carbocycles. The molecule has 1 amide bonds. The second-order valence-corrected chi connectivity index (χ2v) is 3.64. The largest absolute Gasteiger partial charge is 0.497 e. The Morgan fingerprint density at radius 1 is 1.35 bits per heavy atom. The predicted octanol–water partition coefficient (Wildman–Crippen LogP) is 1.95. The molecular formula is C12H11F3N2O3. The molecule has 0 saturated heterocycles. The molecule has 0 aliphatic heterocycles. The quantitative estimate of drug-likeness (QED) is 0.919. The minimum Gasteiger partial charge on any atom is -0.497 e. The van der Waals surface area contributed by atoms with Crippen LogP contribution in [0.25, 0.3) is 0 Å². The smallest absolute Gasteiger partial charge is 0.471 e. The molecule has 20 heavy (non-hydrogen) atoms. The highest BCUT2D eigenvalue weighted by molar-refractivity contribution is 5.82. The third-order valence-electron chi connectivity index (χ3n) is 2.41. The summed E-state index contributed by atoms with van der Waals surface area (Å²) in [6.45, 7) is 0. The molecule has 1 rings (SSSR count). The third kappa shape index (κ3) is 3.54. The number of nitriles is 1. The number of nitrogens with zero attached hydrogens (tertiary/aromatic N) is 1. The highest BCUT2D eigenvalue weighted by Gasteiger charge is 2.40. The minimum atomic E-state index is -5.06. The maximum atomic E-state index is 12.2. The van der Waals surface area contributed by atoms with Crippen molar-refractivity contribution >= 4 is 5.91 Å². The summed E-state index contributed by atoms with van der Waals surface area (Å²) >= 11 is 0. The Kier molecular flexibility index (Phi) is 4.80. The first-order valence-electron chi connectivity index (χ1n) is 5.32. The number of rotatable bonds is 4. The summed E-state index contributed by atoms with van der Waals surface area (Å²) in [7, 11) is 2.69. The number of ether oxygens (including phenoxy) is 2. The first-order valence-corrected chi connectivity index (χ1v) is 5.32. The summed E-state index contributed by atoms with van der Waals surface area (Å²) in [5.41, 5.74) is 0.105. The topological polar surface area (TPSA) is 71.3 Å². The molecule has 1 aromatic rings. The Labute approximate surface area is 112 Å². The van der Waals surface area contributed by atoms with E-state index < -0.39 is 18.1 Å². The molecule has 1 N–H and O–H groups in total. The zero-order valence-corrected chi connectivity index (χ0v) is 10.6. The molecule has 0 fully saturated rings. The van der Waals surface area contributed by atoms with Crippen molar-refractivity contribution in [2.24, 2.45) is 0 Å². The van der Waals surface area contributed by atoms with Crippen LogP contribution in [0.4, 0.5) is 13.2 Å². The molecule has 1 unspecified atom stereocenters. The van der Waals surface area contributed by atoms with Crippen LogP contribution >= 0.6 is 0 Å². The number of carbonyl (C=O) groups excluding carboxylic acids is 1. The Hall–Kier alpha value is -2.43. The monoisotopic (exact) mass is 288 g/mol. The number of hydrogen-bond donors (Lipinski definition) is 1. The van der Waals surface area contributed by atoms with E-state index in [4.69, 9.17) is 14.7 Å². The van der Waals surface area contributed by atoms with Gasteiger partial charge >= 0.3 is 12.1 Å². The molecule has 108 valence electrons. The van der Waals surface area contributed by atoms with Crippen molar-refractivity contribution in [3.63, 3.8) is 0 Å². The molecule has 8 heteroatoms. The summed E-state index contributed by atoms with van der Waals surface area (Å²) in [6.07, 6.45) is -5.06. The highest BCUT2D eigenvalue weighted by Crippen LogP contribution is 2.30. The van der Waals surface area contributed by atoms with E-state index in [1.54, 1.807) is 11.4 Å². The van der Waals surface area contributed by atoms with E-state index in [9.17, 15) is 18.0 Å². The van der Waals surface area contributed by atoms with Crippen molar-refractivity contribution in [2.45, 2.75) is 12.2 Å². The van der Waals surface area contributed by atoms with Gasteiger partial charge in [0, 0.05) is 11.6 Å². The van der Waals surface area contributed by atoms with Crippen molar-refractivity contribution in [2.75, 3.05) is 14.2 Å². The molecule has 0 radical (unpaired) electrons. The van der Waals surface area contributed by atoms with Crippen LogP contribution in [0.15, 0.2) is 18.2 Å². The summed E-state index contributed by atoms with van der Waals surface area (Å²) in [5, 5.41) is 10.5. The average molecular weight is 288 g/mol. The molecule has 1 atom stereocenters. The lowest BCUT2D eigenvalue weighted by Gasteiger charge is -2.16. The van der Waals surface area contributed by atoms with Gasteiger partial charge in [-0.25, -0.2) is 0 Å². The van der Waals surface area contributed by atoms with Crippen molar-refractivity contribution in [1.29, 1.82) is 5.26 Å². The van der Waals surface area contributed by atoms with Crippen molar-refractivity contribution in [3.8, 4) is 17.6 Å². The highest BCUT2D eigenvalue weighted by atomic mass is 19.4. The number of amides is 1. The van der Waals surface area contributed by atoms with Gasteiger partial charge in [-0.15, -0.1) is 0 Å². The fourth-order valence-electron chi connectivity index (χ4n) is 1.45. The number of alkyl halides is 3. The lowest BCUT2D eigenvalue weighted by molar-refractivity contribution is -0.174. The van der Waals surface area contributed by atoms with E-state index in [0.717, 1.165) is 0 Å². The zero-order chi connectivity index (χ0) is 15.3. The van der Waals surface area contributed by atoms with Crippen LogP contribution in [-0.2, 0) is 4.79 Å². The Balaban J connectivity index is 3.08. The summed E-state index contributed by atoms with van der Waals surface area (Å²) in [4.78, 5) is 10.9. The standard InChI is InChI=1S/C12H11F3N2O3/c1-19-7-3-4-8(10(5-7)20-2)9(6-16)17-11(18)12(13,14)15/h3-5,9H,1-2H3,(H,17,18). The van der Waals surface area contributed by atoms with Gasteiger partial charge < -0.3 is 14.8 Å². The van der Waals surface area contributed by atoms with Gasteiger partial charge in [-0.1, -0.05) is 0 Å². The maximum Gasteiger partial charge on any atom is 0.471 e. The molecule has 0 aliphatic carbocycles. The van der Waals surface area contributed by atoms with Crippen LogP contribution in [0.1, 0.15) is 11.6 Å². The number of halogens is 3. The first-order chi connectivity index (χ1) is 9.33. The van der Waals surface area contributed by atoms with E-state index >= 15 is 0 Å². The molecular weight excluding hydrogens is 277 g/mol. The van der Waals surface area contributed by atoms with Gasteiger partial charge in [0.1, 0.15) is 17.5 Å². The van der Waals surface area contributed by atoms with E-state index in [-0.39, 0.29) is 11.3 Å². The second kappa shape index (κ2) is 6.14. The Morgan fingerprint density at radius 3 is 2.45 bits per heavy atom. The number of carbonyl (C=O) groups is 1. The SMILES string of the molecule is COc1ccc(C(C#N)NC(=O)C(F)(F)F)c(OC)c1. The molecule has 0 saturated carbocycles. The summed E-state index contributed by atoms with van der Waals surface area (Å²) < 4.78 is 46.5. The van der Waals surface area contributed by atoms with Gasteiger partial charge in [0.15, 0.2) is 0 Å². The van der Waals surface area contributed by atoms with Crippen LogP contribution in [0, 0.1) is 11.3 Å². The van der Waals surface area contributed by atoms with Gasteiger partial charge in [0.25, 0.3) is 0 Å². The number of methoxy groups -OCH3 is 2. The molecule has 5 nitrogen and oxygen atoms in total. The third-order valence-corrected chi connectivity index (χ3v) is 2.41. The van der Waals surface area contributed by atoms with Crippen LogP contribution in [0.5, 0.6) is 11.5 Å². The van der Waals surface area contributed by atoms with E-state index in [1.165, 1.54) is 32.4 Å². The number of benzene rings is 1. The van der Waals surface area contributed by atoms with Crippen molar-refractivity contribution < 1.29 is 27.4 Å². The molecule has 0 aromatic heterocycles. The van der Waals surface area contributed by atoms with E-state index in [2.05, 4.69) is 0 Å². The average Bonchev–Trinajstić information content (AvgIpc) is 2.42. The molecule has 0 heterocycles. The van der Waals surface area contributed by atoms with Crippen LogP contribution in [0.3, 0.4) is 0 Å². The van der Waals surface area contributed by atoms with Crippen LogP contribution in [-0.4, -0.2) is 26.3 Å². The fraction of sp³-hybridized carbons (Fsp3) is 0.333. The fourth-order valence-corrected chi connectivity index (χ4v) is 1.45. The Morgan fingerprint density at radius 2 is 2.00 bits per heavy atom. The zero-order valence-electron chi connectivity index (χ0n) is 10.6. The van der Waals surface area contributed by atoms with Gasteiger partial charge in [0.05, 0.1) is 20.3 Å². The lowest BCUT2D eigenvalue weighted by Crippen LogP contribution is -2.38. The predicted molar refractivity (Wildman–Crippen MR) is 62.1 cm³/mol. The van der Waals surface area contributed by atoms with Crippen LogP contribution in [0.2, 0.25) is 0 Å². The lowest BCUT2D eigenvalue weighted by atomic mass is 10.1. The minimum absolute atomic E-state index is 0.105. The van der Waals surface area contributed by atoms with Gasteiger partial charge in [-0.2, -0.15) is 18.4 Å². The van der Waals surface area contributed by atoms with Crippen LogP contribution < -0.4 is 14.8 Å². The van der Waals surface area contributed by atoms with E-state index in [1.807, 2.05) is 0 Å².